The molecule has 1 unspecified atom stereocenters. The van der Waals surface area contributed by atoms with Gasteiger partial charge in [-0.3, -0.25) is 9.59 Å². The molecule has 2 bridgehead atoms. The van der Waals surface area contributed by atoms with Crippen LogP contribution in [-0.4, -0.2) is 41.5 Å². The Bertz CT molecular complexity index is 792. The van der Waals surface area contributed by atoms with Crippen LogP contribution in [0.1, 0.15) is 23.2 Å². The van der Waals surface area contributed by atoms with Crippen molar-refractivity contribution in [2.24, 2.45) is 5.92 Å². The number of thiophene rings is 1. The number of carbonyl (C=O) groups excluding carboxylic acids is 1. The first kappa shape index (κ1) is 14.4. The maximum Gasteiger partial charge on any atom is 0.257 e. The second-order valence-corrected chi connectivity index (χ2v) is 7.77. The van der Waals surface area contributed by atoms with Gasteiger partial charge in [-0.05, 0) is 47.8 Å². The predicted molar refractivity (Wildman–Crippen MR) is 90.6 cm³/mol. The highest BCUT2D eigenvalue weighted by Crippen LogP contribution is 2.28. The summed E-state index contributed by atoms with van der Waals surface area (Å²) in [4.78, 5) is 30.4. The lowest BCUT2D eigenvalue weighted by Crippen LogP contribution is -2.57. The standard InChI is InChI=1S/C15H16BrN3O2S/c16-10-7-22-14-12(10)17-5-9(13(14)20)15(21)18-11-6-19-3-1-8(11)2-4-19/h5,7-8,11H,1-4,6H2,(H,17,20)(H,18,21). The Morgan fingerprint density at radius 2 is 2.18 bits per heavy atom. The normalized spacial score (nSPS) is 27.2. The number of piperidine rings is 3. The third-order valence-corrected chi connectivity index (χ3v) is 6.68. The monoisotopic (exact) mass is 381 g/mol. The van der Waals surface area contributed by atoms with Crippen LogP contribution >= 0.6 is 27.3 Å². The van der Waals surface area contributed by atoms with Crippen molar-refractivity contribution in [3.05, 3.63) is 31.8 Å². The van der Waals surface area contributed by atoms with Crippen LogP contribution in [0.2, 0.25) is 0 Å². The van der Waals surface area contributed by atoms with Gasteiger partial charge in [-0.15, -0.1) is 11.3 Å². The summed E-state index contributed by atoms with van der Waals surface area (Å²) in [7, 11) is 0. The molecule has 0 saturated carbocycles. The van der Waals surface area contributed by atoms with Gasteiger partial charge in [0.1, 0.15) is 5.56 Å². The molecule has 1 atom stereocenters. The highest BCUT2D eigenvalue weighted by atomic mass is 79.9. The molecule has 0 aliphatic carbocycles. The molecule has 22 heavy (non-hydrogen) atoms. The van der Waals surface area contributed by atoms with E-state index in [4.69, 9.17) is 0 Å². The average molecular weight is 382 g/mol. The van der Waals surface area contributed by atoms with Crippen LogP contribution in [0.5, 0.6) is 0 Å². The van der Waals surface area contributed by atoms with Crippen LogP contribution in [-0.2, 0) is 0 Å². The topological polar surface area (TPSA) is 65.2 Å². The number of carbonyl (C=O) groups is 1. The Labute approximate surface area is 139 Å². The maximum absolute atomic E-state index is 12.5. The molecule has 2 N–H and O–H groups in total. The number of halogens is 1. The second kappa shape index (κ2) is 5.47. The number of hydrogen-bond donors (Lipinski definition) is 2. The number of pyridine rings is 1. The molecule has 7 heteroatoms. The number of fused-ring (bicyclic) bond motifs is 4. The van der Waals surface area contributed by atoms with Crippen LogP contribution in [0.25, 0.3) is 10.2 Å². The quantitative estimate of drug-likeness (QED) is 0.837. The Hall–Kier alpha value is -1.18. The van der Waals surface area contributed by atoms with Gasteiger partial charge in [0, 0.05) is 24.2 Å². The summed E-state index contributed by atoms with van der Waals surface area (Å²) < 4.78 is 1.45. The van der Waals surface area contributed by atoms with E-state index < -0.39 is 0 Å². The minimum Gasteiger partial charge on any atom is -0.359 e. The highest BCUT2D eigenvalue weighted by molar-refractivity contribution is 9.10. The summed E-state index contributed by atoms with van der Waals surface area (Å²) in [5.41, 5.74) is 0.774. The summed E-state index contributed by atoms with van der Waals surface area (Å²) in [6, 6.07) is 0.167. The van der Waals surface area contributed by atoms with Crippen molar-refractivity contribution in [1.82, 2.24) is 15.2 Å². The summed E-state index contributed by atoms with van der Waals surface area (Å²) in [6.07, 6.45) is 3.80. The zero-order valence-electron chi connectivity index (χ0n) is 11.9. The molecule has 5 rings (SSSR count). The molecule has 3 aliphatic rings. The molecule has 3 aliphatic heterocycles. The second-order valence-electron chi connectivity index (χ2n) is 6.04. The lowest BCUT2D eigenvalue weighted by molar-refractivity contribution is 0.0620. The van der Waals surface area contributed by atoms with Crippen LogP contribution in [0.15, 0.2) is 20.8 Å². The maximum atomic E-state index is 12.5. The first-order valence-corrected chi connectivity index (χ1v) is 9.12. The molecular weight excluding hydrogens is 366 g/mol. The van der Waals surface area contributed by atoms with E-state index in [-0.39, 0.29) is 22.9 Å². The number of rotatable bonds is 2. The molecule has 5 heterocycles. The molecule has 2 aromatic heterocycles. The first-order chi connectivity index (χ1) is 10.6. The zero-order chi connectivity index (χ0) is 15.3. The van der Waals surface area contributed by atoms with Crippen LogP contribution in [0.4, 0.5) is 0 Å². The third-order valence-electron chi connectivity index (χ3n) is 4.78. The lowest BCUT2D eigenvalue weighted by atomic mass is 9.84. The SMILES string of the molecule is O=C(NC1CN2CCC1CC2)c1c[nH]c2c(Br)csc2c1=O. The molecule has 0 aromatic carbocycles. The van der Waals surface area contributed by atoms with Crippen molar-refractivity contribution in [3.63, 3.8) is 0 Å². The fraction of sp³-hybridized carbons (Fsp3) is 0.467. The average Bonchev–Trinajstić information content (AvgIpc) is 2.91. The van der Waals surface area contributed by atoms with Crippen molar-refractivity contribution in [2.75, 3.05) is 19.6 Å². The molecule has 5 nitrogen and oxygen atoms in total. The van der Waals surface area contributed by atoms with E-state index >= 15 is 0 Å². The fourth-order valence-corrected chi connectivity index (χ4v) is 5.08. The summed E-state index contributed by atoms with van der Waals surface area (Å²) in [5, 5.41) is 4.93. The van der Waals surface area contributed by atoms with Gasteiger partial charge in [0.2, 0.25) is 5.43 Å². The molecule has 116 valence electrons. The van der Waals surface area contributed by atoms with Crippen LogP contribution < -0.4 is 10.7 Å². The molecule has 0 radical (unpaired) electrons. The van der Waals surface area contributed by atoms with Gasteiger partial charge in [0.25, 0.3) is 5.91 Å². The van der Waals surface area contributed by atoms with Gasteiger partial charge < -0.3 is 15.2 Å². The Morgan fingerprint density at radius 1 is 1.41 bits per heavy atom. The number of nitrogens with one attached hydrogen (secondary N) is 2. The number of aromatic nitrogens is 1. The van der Waals surface area contributed by atoms with E-state index in [1.807, 2.05) is 5.38 Å². The van der Waals surface area contributed by atoms with Gasteiger partial charge in [-0.2, -0.15) is 0 Å². The van der Waals surface area contributed by atoms with E-state index in [9.17, 15) is 9.59 Å². The third kappa shape index (κ3) is 2.31. The molecule has 3 saturated heterocycles. The summed E-state index contributed by atoms with van der Waals surface area (Å²) in [6.45, 7) is 3.17. The van der Waals surface area contributed by atoms with E-state index in [2.05, 4.69) is 31.1 Å². The number of H-pyrrole nitrogens is 1. The molecular formula is C15H16BrN3O2S. The van der Waals surface area contributed by atoms with Crippen molar-refractivity contribution in [3.8, 4) is 0 Å². The van der Waals surface area contributed by atoms with Gasteiger partial charge in [-0.1, -0.05) is 0 Å². The van der Waals surface area contributed by atoms with E-state index in [0.29, 0.717) is 10.6 Å². The van der Waals surface area contributed by atoms with E-state index in [0.717, 1.165) is 42.5 Å². The minimum absolute atomic E-state index is 0.167. The lowest BCUT2D eigenvalue weighted by Gasteiger charge is -2.44. The van der Waals surface area contributed by atoms with E-state index in [1.54, 1.807) is 0 Å². The van der Waals surface area contributed by atoms with Gasteiger partial charge in [-0.25, -0.2) is 0 Å². The Morgan fingerprint density at radius 3 is 2.86 bits per heavy atom. The van der Waals surface area contributed by atoms with Crippen molar-refractivity contribution in [1.29, 1.82) is 0 Å². The first-order valence-electron chi connectivity index (χ1n) is 7.45. The molecule has 2 aromatic rings. The molecule has 1 amide bonds. The van der Waals surface area contributed by atoms with Gasteiger partial charge >= 0.3 is 0 Å². The Kier molecular flexibility index (Phi) is 3.58. The minimum atomic E-state index is -0.258. The van der Waals surface area contributed by atoms with Gasteiger partial charge in [0.05, 0.1) is 14.7 Å². The van der Waals surface area contributed by atoms with Crippen molar-refractivity contribution < 1.29 is 4.79 Å². The Balaban J connectivity index is 1.60. The predicted octanol–water partition coefficient (Wildman–Crippen LogP) is 2.18. The number of aromatic amines is 1. The highest BCUT2D eigenvalue weighted by Gasteiger charge is 2.35. The zero-order valence-corrected chi connectivity index (χ0v) is 14.3. The summed E-state index contributed by atoms with van der Waals surface area (Å²) in [5.74, 6) is 0.291. The van der Waals surface area contributed by atoms with Crippen LogP contribution in [0.3, 0.4) is 0 Å². The molecule has 0 spiro atoms. The van der Waals surface area contributed by atoms with E-state index in [1.165, 1.54) is 17.5 Å². The smallest absolute Gasteiger partial charge is 0.257 e. The largest absolute Gasteiger partial charge is 0.359 e. The summed E-state index contributed by atoms with van der Waals surface area (Å²) >= 11 is 4.75. The fourth-order valence-electron chi connectivity index (χ4n) is 3.51. The number of nitrogens with zero attached hydrogens (tertiary/aromatic N) is 1. The molecule has 3 fully saturated rings. The number of hydrogen-bond acceptors (Lipinski definition) is 4. The van der Waals surface area contributed by atoms with Crippen molar-refractivity contribution >= 4 is 43.4 Å². The van der Waals surface area contributed by atoms with Crippen LogP contribution in [0, 0.1) is 5.92 Å². The number of amides is 1. The van der Waals surface area contributed by atoms with Crippen molar-refractivity contribution in [2.45, 2.75) is 18.9 Å². The van der Waals surface area contributed by atoms with Gasteiger partial charge in [0.15, 0.2) is 0 Å².